The Hall–Kier alpha value is -3.76. The Morgan fingerprint density at radius 3 is 2.59 bits per heavy atom. The summed E-state index contributed by atoms with van der Waals surface area (Å²) in [4.78, 5) is 28.5. The number of H-pyrrole nitrogens is 1. The molecule has 44 heavy (non-hydrogen) atoms. The summed E-state index contributed by atoms with van der Waals surface area (Å²) in [7, 11) is 0. The molecule has 1 N–H and O–H groups in total. The summed E-state index contributed by atoms with van der Waals surface area (Å²) < 4.78 is 23.3. The number of benzene rings is 2. The van der Waals surface area contributed by atoms with Gasteiger partial charge in [0.1, 0.15) is 17.4 Å². The lowest BCUT2D eigenvalue weighted by molar-refractivity contribution is -0.128. The van der Waals surface area contributed by atoms with Gasteiger partial charge in [-0.05, 0) is 71.2 Å². The minimum Gasteiger partial charge on any atom is -0.460 e. The molecule has 0 spiro atoms. The molecule has 2 aliphatic rings. The van der Waals surface area contributed by atoms with E-state index in [1.54, 1.807) is 17.2 Å². The Labute approximate surface area is 262 Å². The molecule has 2 saturated heterocycles. The summed E-state index contributed by atoms with van der Waals surface area (Å²) in [6.45, 7) is 16.8. The number of nitrogens with one attached hydrogen (secondary N) is 1. The van der Waals surface area contributed by atoms with Crippen LogP contribution in [0.5, 0.6) is 6.01 Å². The van der Waals surface area contributed by atoms with Gasteiger partial charge in [-0.1, -0.05) is 24.2 Å². The van der Waals surface area contributed by atoms with Gasteiger partial charge >= 0.3 is 6.01 Å². The Bertz CT molecular complexity index is 1730. The maximum absolute atomic E-state index is 16.9. The second-order valence-corrected chi connectivity index (χ2v) is 12.8. The van der Waals surface area contributed by atoms with Gasteiger partial charge in [0.2, 0.25) is 5.91 Å². The summed E-state index contributed by atoms with van der Waals surface area (Å²) in [6.07, 6.45) is 4.62. The van der Waals surface area contributed by atoms with Crippen LogP contribution in [0.3, 0.4) is 0 Å². The molecule has 0 unspecified atom stereocenters. The van der Waals surface area contributed by atoms with E-state index in [0.29, 0.717) is 35.9 Å². The normalized spacial score (nSPS) is 20.2. The molecule has 4 aromatic rings. The number of anilines is 1. The van der Waals surface area contributed by atoms with Crippen LogP contribution in [0.25, 0.3) is 32.9 Å². The number of ether oxygens (including phenoxy) is 1. The number of carbonyl (C=O) groups is 1. The van der Waals surface area contributed by atoms with Gasteiger partial charge in [-0.25, -0.2) is 4.39 Å². The van der Waals surface area contributed by atoms with Crippen LogP contribution >= 0.6 is 11.6 Å². The summed E-state index contributed by atoms with van der Waals surface area (Å²) >= 11 is 6.93. The standard InChI is InChI=1S/C33H39ClFN7O2/c1-7-27(43)41-16-21(6)42(17-20(41)5)32-23-14-25(34)29(28-19(4)8-9-26-24(28)15-36-39-26)30(35)31(23)37-33(38-32)44-22-10-12-40(13-11-22)18(2)3/h7-9,14-15,18,20-22H,1,10-13,16-17H2,2-6H3,(H,36,39)/t20-,21+/m1/s1. The molecule has 6 rings (SSSR count). The number of aryl methyl sites for hydroxylation is 1. The van der Waals surface area contributed by atoms with Crippen molar-refractivity contribution in [2.24, 2.45) is 0 Å². The largest absolute Gasteiger partial charge is 0.460 e. The number of hydrogen-bond acceptors (Lipinski definition) is 7. The number of carbonyl (C=O) groups excluding carboxylic acids is 1. The fraction of sp³-hybridized carbons (Fsp3) is 0.455. The Morgan fingerprint density at radius 1 is 1.14 bits per heavy atom. The molecule has 2 aliphatic heterocycles. The Balaban J connectivity index is 1.48. The molecular weight excluding hydrogens is 581 g/mol. The lowest BCUT2D eigenvalue weighted by atomic mass is 9.95. The van der Waals surface area contributed by atoms with E-state index >= 15 is 4.39 Å². The van der Waals surface area contributed by atoms with E-state index in [2.05, 4.69) is 40.4 Å². The summed E-state index contributed by atoms with van der Waals surface area (Å²) in [5, 5.41) is 8.68. The average molecular weight is 620 g/mol. The fourth-order valence-corrected chi connectivity index (χ4v) is 6.91. The van der Waals surface area contributed by atoms with Gasteiger partial charge in [0.25, 0.3) is 0 Å². The molecule has 0 bridgehead atoms. The van der Waals surface area contributed by atoms with Crippen molar-refractivity contribution in [2.75, 3.05) is 31.1 Å². The minimum atomic E-state index is -0.534. The van der Waals surface area contributed by atoms with Crippen molar-refractivity contribution in [1.29, 1.82) is 0 Å². The van der Waals surface area contributed by atoms with Crippen LogP contribution in [0.4, 0.5) is 10.2 Å². The molecule has 9 nitrogen and oxygen atoms in total. The van der Waals surface area contributed by atoms with Crippen LogP contribution in [0.1, 0.15) is 46.1 Å². The second-order valence-electron chi connectivity index (χ2n) is 12.4. The Kier molecular flexibility index (Phi) is 8.24. The van der Waals surface area contributed by atoms with Crippen molar-refractivity contribution in [2.45, 2.75) is 71.7 Å². The highest BCUT2D eigenvalue weighted by Crippen LogP contribution is 2.43. The van der Waals surface area contributed by atoms with Crippen LogP contribution in [0.2, 0.25) is 5.02 Å². The van der Waals surface area contributed by atoms with E-state index in [1.165, 1.54) is 6.08 Å². The van der Waals surface area contributed by atoms with E-state index in [0.717, 1.165) is 42.4 Å². The second kappa shape index (κ2) is 12.0. The van der Waals surface area contributed by atoms with Crippen molar-refractivity contribution < 1.29 is 13.9 Å². The van der Waals surface area contributed by atoms with Gasteiger partial charge in [0.15, 0.2) is 5.82 Å². The maximum Gasteiger partial charge on any atom is 0.319 e. The SMILES string of the molecule is C=CC(=O)N1C[C@H](C)N(c2nc(OC3CCN(C(C)C)CC3)nc3c(F)c(-c4c(C)ccc5[nH]ncc45)c(Cl)cc23)C[C@H]1C. The smallest absolute Gasteiger partial charge is 0.319 e. The predicted octanol–water partition coefficient (Wildman–Crippen LogP) is 6.14. The predicted molar refractivity (Wildman–Crippen MR) is 173 cm³/mol. The molecule has 2 aromatic carbocycles. The molecule has 0 saturated carbocycles. The van der Waals surface area contributed by atoms with Crippen LogP contribution in [-0.4, -0.2) is 86.3 Å². The van der Waals surface area contributed by atoms with Gasteiger partial charge in [-0.3, -0.25) is 9.89 Å². The number of aromatic amines is 1. The van der Waals surface area contributed by atoms with E-state index in [1.807, 2.05) is 32.9 Å². The first-order chi connectivity index (χ1) is 21.1. The van der Waals surface area contributed by atoms with Crippen LogP contribution in [-0.2, 0) is 4.79 Å². The van der Waals surface area contributed by atoms with Crippen LogP contribution in [0, 0.1) is 12.7 Å². The highest BCUT2D eigenvalue weighted by atomic mass is 35.5. The molecule has 4 heterocycles. The molecular formula is C33H39ClFN7O2. The van der Waals surface area contributed by atoms with Gasteiger partial charge in [0.05, 0.1) is 16.7 Å². The minimum absolute atomic E-state index is 0.0783. The van der Waals surface area contributed by atoms with Crippen molar-refractivity contribution in [1.82, 2.24) is 30.0 Å². The number of piperidine rings is 1. The molecule has 2 aromatic heterocycles. The molecule has 0 aliphatic carbocycles. The van der Waals surface area contributed by atoms with Crippen LogP contribution < -0.4 is 9.64 Å². The molecule has 0 radical (unpaired) electrons. The topological polar surface area (TPSA) is 90.5 Å². The summed E-state index contributed by atoms with van der Waals surface area (Å²) in [6, 6.07) is 5.98. The Morgan fingerprint density at radius 2 is 1.89 bits per heavy atom. The van der Waals surface area contributed by atoms with Crippen molar-refractivity contribution in [3.63, 3.8) is 0 Å². The number of fused-ring (bicyclic) bond motifs is 2. The van der Waals surface area contributed by atoms with Crippen molar-refractivity contribution in [3.05, 3.63) is 53.5 Å². The molecule has 232 valence electrons. The van der Waals surface area contributed by atoms with E-state index in [9.17, 15) is 4.79 Å². The first kappa shape index (κ1) is 30.3. The third-order valence-corrected chi connectivity index (χ3v) is 9.42. The van der Waals surface area contributed by atoms with E-state index in [-0.39, 0.29) is 46.2 Å². The van der Waals surface area contributed by atoms with Crippen LogP contribution in [0.15, 0.2) is 37.1 Å². The first-order valence-electron chi connectivity index (χ1n) is 15.3. The zero-order valence-electron chi connectivity index (χ0n) is 25.9. The first-order valence-corrected chi connectivity index (χ1v) is 15.7. The number of nitrogens with zero attached hydrogens (tertiary/aromatic N) is 6. The van der Waals surface area contributed by atoms with Crippen molar-refractivity contribution in [3.8, 4) is 17.1 Å². The number of aromatic nitrogens is 4. The highest BCUT2D eigenvalue weighted by Gasteiger charge is 2.34. The van der Waals surface area contributed by atoms with Gasteiger partial charge < -0.3 is 19.4 Å². The van der Waals surface area contributed by atoms with E-state index < -0.39 is 5.82 Å². The zero-order valence-corrected chi connectivity index (χ0v) is 26.7. The number of piperazine rings is 1. The van der Waals surface area contributed by atoms with Gasteiger partial charge in [0, 0.05) is 66.2 Å². The molecule has 11 heteroatoms. The monoisotopic (exact) mass is 619 g/mol. The maximum atomic E-state index is 16.9. The quantitative estimate of drug-likeness (QED) is 0.259. The number of likely N-dealkylation sites (tertiary alicyclic amines) is 1. The number of halogens is 2. The lowest BCUT2D eigenvalue weighted by Crippen LogP contribution is -2.58. The summed E-state index contributed by atoms with van der Waals surface area (Å²) in [5.41, 5.74) is 2.74. The van der Waals surface area contributed by atoms with Gasteiger partial charge in [-0.15, -0.1) is 0 Å². The lowest BCUT2D eigenvalue weighted by Gasteiger charge is -2.44. The third-order valence-electron chi connectivity index (χ3n) is 9.12. The zero-order chi connectivity index (χ0) is 31.3. The molecule has 1 amide bonds. The van der Waals surface area contributed by atoms with Gasteiger partial charge in [-0.2, -0.15) is 15.1 Å². The summed E-state index contributed by atoms with van der Waals surface area (Å²) in [5.74, 6) is -0.107. The third kappa shape index (κ3) is 5.38. The average Bonchev–Trinajstić information content (AvgIpc) is 3.48. The molecule has 2 fully saturated rings. The fourth-order valence-electron chi connectivity index (χ4n) is 6.62. The van der Waals surface area contributed by atoms with Crippen molar-refractivity contribution >= 4 is 45.1 Å². The van der Waals surface area contributed by atoms with E-state index in [4.69, 9.17) is 26.3 Å². The molecule has 2 atom stereocenters. The number of rotatable bonds is 6. The number of amides is 1. The number of hydrogen-bond donors (Lipinski definition) is 1. The highest BCUT2D eigenvalue weighted by molar-refractivity contribution is 6.35.